The van der Waals surface area contributed by atoms with Crippen molar-refractivity contribution in [2.75, 3.05) is 19.3 Å². The topological polar surface area (TPSA) is 29.3 Å². The lowest BCUT2D eigenvalue weighted by atomic mass is 9.90. The van der Waals surface area contributed by atoms with Crippen molar-refractivity contribution < 1.29 is 0 Å². The number of fused-ring (bicyclic) bond motifs is 1. The molecule has 0 atom stereocenters. The molecular formula is C16H18N2. The van der Waals surface area contributed by atoms with E-state index in [-0.39, 0.29) is 0 Å². The number of nitrogens with zero attached hydrogens (tertiary/aromatic N) is 1. The van der Waals surface area contributed by atoms with Gasteiger partial charge in [-0.3, -0.25) is 0 Å². The van der Waals surface area contributed by atoms with Crippen molar-refractivity contribution in [3.8, 4) is 11.1 Å². The molecule has 0 bridgehead atoms. The van der Waals surface area contributed by atoms with Crippen LogP contribution in [0.25, 0.3) is 11.1 Å². The number of rotatable bonds is 1. The Kier molecular flexibility index (Phi) is 2.80. The van der Waals surface area contributed by atoms with Crippen molar-refractivity contribution in [3.05, 3.63) is 53.6 Å². The van der Waals surface area contributed by atoms with Crippen LogP contribution in [0.2, 0.25) is 0 Å². The van der Waals surface area contributed by atoms with Crippen molar-refractivity contribution in [1.29, 1.82) is 0 Å². The molecule has 0 radical (unpaired) electrons. The third-order valence-corrected chi connectivity index (χ3v) is 3.72. The third-order valence-electron chi connectivity index (χ3n) is 3.72. The summed E-state index contributed by atoms with van der Waals surface area (Å²) in [5, 5.41) is 0. The van der Waals surface area contributed by atoms with Crippen LogP contribution in [0.5, 0.6) is 0 Å². The predicted octanol–water partition coefficient (Wildman–Crippen LogP) is 2.92. The van der Waals surface area contributed by atoms with E-state index in [1.165, 1.54) is 22.3 Å². The zero-order chi connectivity index (χ0) is 12.5. The van der Waals surface area contributed by atoms with Crippen LogP contribution in [-0.2, 0) is 13.0 Å². The summed E-state index contributed by atoms with van der Waals surface area (Å²) in [6.45, 7) is 2.07. The van der Waals surface area contributed by atoms with Crippen LogP contribution in [-0.4, -0.2) is 18.5 Å². The first-order chi connectivity index (χ1) is 8.75. The fourth-order valence-electron chi connectivity index (χ4n) is 2.72. The van der Waals surface area contributed by atoms with E-state index in [4.69, 9.17) is 5.73 Å². The number of hydrogen-bond acceptors (Lipinski definition) is 2. The summed E-state index contributed by atoms with van der Waals surface area (Å²) in [6.07, 6.45) is 1.08. The quantitative estimate of drug-likeness (QED) is 0.774. The molecule has 1 heterocycles. The molecule has 2 nitrogen and oxygen atoms in total. The third kappa shape index (κ3) is 1.89. The molecule has 1 aliphatic rings. The summed E-state index contributed by atoms with van der Waals surface area (Å²) in [5.41, 5.74) is 12.4. The van der Waals surface area contributed by atoms with E-state index >= 15 is 0 Å². The standard InChI is InChI=1S/C16H18N2/c1-18-10-9-14-13(12-5-3-2-4-6-12)7-8-16(17)15(14)11-18/h2-8H,9-11,17H2,1H3. The first-order valence-corrected chi connectivity index (χ1v) is 6.40. The Morgan fingerprint density at radius 2 is 1.78 bits per heavy atom. The molecule has 0 spiro atoms. The van der Waals surface area contributed by atoms with E-state index in [0.717, 1.165) is 25.2 Å². The van der Waals surface area contributed by atoms with E-state index < -0.39 is 0 Å². The normalized spacial score (nSPS) is 15.4. The first kappa shape index (κ1) is 11.3. The fraction of sp³-hybridized carbons (Fsp3) is 0.250. The van der Waals surface area contributed by atoms with Crippen LogP contribution in [0.15, 0.2) is 42.5 Å². The van der Waals surface area contributed by atoms with Crippen molar-refractivity contribution in [3.63, 3.8) is 0 Å². The molecule has 0 fully saturated rings. The maximum absolute atomic E-state index is 6.12. The molecule has 2 aromatic carbocycles. The van der Waals surface area contributed by atoms with E-state index in [1.807, 2.05) is 6.07 Å². The highest BCUT2D eigenvalue weighted by molar-refractivity contribution is 5.73. The molecule has 0 amide bonds. The van der Waals surface area contributed by atoms with Gasteiger partial charge in [-0.2, -0.15) is 0 Å². The second-order valence-electron chi connectivity index (χ2n) is 5.01. The molecule has 18 heavy (non-hydrogen) atoms. The Morgan fingerprint density at radius 3 is 2.56 bits per heavy atom. The second kappa shape index (κ2) is 4.46. The van der Waals surface area contributed by atoms with Crippen molar-refractivity contribution in [2.45, 2.75) is 13.0 Å². The predicted molar refractivity (Wildman–Crippen MR) is 76.3 cm³/mol. The van der Waals surface area contributed by atoms with Gasteiger partial charge in [0, 0.05) is 18.8 Å². The average molecular weight is 238 g/mol. The molecule has 0 unspecified atom stereocenters. The Balaban J connectivity index is 2.15. The molecule has 2 heteroatoms. The van der Waals surface area contributed by atoms with Gasteiger partial charge in [-0.15, -0.1) is 0 Å². The molecule has 3 rings (SSSR count). The van der Waals surface area contributed by atoms with Gasteiger partial charge in [0.25, 0.3) is 0 Å². The van der Waals surface area contributed by atoms with Gasteiger partial charge < -0.3 is 10.6 Å². The summed E-state index contributed by atoms with van der Waals surface area (Å²) in [7, 11) is 2.15. The minimum atomic E-state index is 0.927. The molecule has 0 saturated heterocycles. The number of anilines is 1. The molecule has 2 aromatic rings. The Labute approximate surface area is 108 Å². The van der Waals surface area contributed by atoms with Gasteiger partial charge in [-0.05, 0) is 41.8 Å². The molecule has 2 N–H and O–H groups in total. The highest BCUT2D eigenvalue weighted by atomic mass is 15.1. The van der Waals surface area contributed by atoms with Gasteiger partial charge in [0.05, 0.1) is 0 Å². The fourth-order valence-corrected chi connectivity index (χ4v) is 2.72. The van der Waals surface area contributed by atoms with Gasteiger partial charge >= 0.3 is 0 Å². The summed E-state index contributed by atoms with van der Waals surface area (Å²) >= 11 is 0. The van der Waals surface area contributed by atoms with Crippen molar-refractivity contribution in [2.24, 2.45) is 0 Å². The van der Waals surface area contributed by atoms with Crippen molar-refractivity contribution >= 4 is 5.69 Å². The van der Waals surface area contributed by atoms with Crippen LogP contribution in [0, 0.1) is 0 Å². The number of benzene rings is 2. The number of nitrogens with two attached hydrogens (primary N) is 1. The molecule has 0 saturated carbocycles. The Bertz CT molecular complexity index is 561. The summed E-state index contributed by atoms with van der Waals surface area (Å²) in [5.74, 6) is 0. The largest absolute Gasteiger partial charge is 0.398 e. The van der Waals surface area contributed by atoms with Gasteiger partial charge in [-0.25, -0.2) is 0 Å². The monoisotopic (exact) mass is 238 g/mol. The van der Waals surface area contributed by atoms with Gasteiger partial charge in [0.2, 0.25) is 0 Å². The second-order valence-corrected chi connectivity index (χ2v) is 5.01. The molecule has 0 aliphatic carbocycles. The number of hydrogen-bond donors (Lipinski definition) is 1. The maximum Gasteiger partial charge on any atom is 0.0362 e. The molecule has 1 aliphatic heterocycles. The highest BCUT2D eigenvalue weighted by Crippen LogP contribution is 2.33. The van der Waals surface area contributed by atoms with Crippen LogP contribution < -0.4 is 5.73 Å². The van der Waals surface area contributed by atoms with Gasteiger partial charge in [0.15, 0.2) is 0 Å². The van der Waals surface area contributed by atoms with Crippen LogP contribution in [0.1, 0.15) is 11.1 Å². The van der Waals surface area contributed by atoms with E-state index in [0.29, 0.717) is 0 Å². The maximum atomic E-state index is 6.12. The Hall–Kier alpha value is -1.80. The van der Waals surface area contributed by atoms with Crippen LogP contribution >= 0.6 is 0 Å². The summed E-state index contributed by atoms with van der Waals surface area (Å²) in [6, 6.07) is 14.8. The van der Waals surface area contributed by atoms with E-state index in [1.54, 1.807) is 0 Å². The van der Waals surface area contributed by atoms with Crippen LogP contribution in [0.3, 0.4) is 0 Å². The number of nitrogen functional groups attached to an aromatic ring is 1. The Morgan fingerprint density at radius 1 is 1.00 bits per heavy atom. The van der Waals surface area contributed by atoms with E-state index in [9.17, 15) is 0 Å². The van der Waals surface area contributed by atoms with Gasteiger partial charge in [0.1, 0.15) is 0 Å². The lowest BCUT2D eigenvalue weighted by Gasteiger charge is -2.28. The summed E-state index contributed by atoms with van der Waals surface area (Å²) < 4.78 is 0. The number of likely N-dealkylation sites (N-methyl/N-ethyl adjacent to an activating group) is 1. The van der Waals surface area contributed by atoms with Gasteiger partial charge in [-0.1, -0.05) is 36.4 Å². The summed E-state index contributed by atoms with van der Waals surface area (Å²) in [4.78, 5) is 2.33. The average Bonchev–Trinajstić information content (AvgIpc) is 2.41. The molecular weight excluding hydrogens is 220 g/mol. The lowest BCUT2D eigenvalue weighted by molar-refractivity contribution is 0.314. The zero-order valence-electron chi connectivity index (χ0n) is 10.7. The minimum absolute atomic E-state index is 0.927. The lowest BCUT2D eigenvalue weighted by Crippen LogP contribution is -2.27. The zero-order valence-corrected chi connectivity index (χ0v) is 10.7. The molecule has 0 aromatic heterocycles. The van der Waals surface area contributed by atoms with Crippen LogP contribution in [0.4, 0.5) is 5.69 Å². The molecule has 92 valence electrons. The SMILES string of the molecule is CN1CCc2c(-c3ccccc3)ccc(N)c2C1. The first-order valence-electron chi connectivity index (χ1n) is 6.40. The van der Waals surface area contributed by atoms with Crippen molar-refractivity contribution in [1.82, 2.24) is 4.90 Å². The smallest absolute Gasteiger partial charge is 0.0362 e. The minimum Gasteiger partial charge on any atom is -0.398 e. The highest BCUT2D eigenvalue weighted by Gasteiger charge is 2.19. The van der Waals surface area contributed by atoms with E-state index in [2.05, 4.69) is 48.3 Å².